The lowest BCUT2D eigenvalue weighted by Gasteiger charge is -2.14. The van der Waals surface area contributed by atoms with Gasteiger partial charge in [0.25, 0.3) is 0 Å². The third-order valence-electron chi connectivity index (χ3n) is 2.63. The average Bonchev–Trinajstić information content (AvgIpc) is 2.85. The molecule has 0 radical (unpaired) electrons. The van der Waals surface area contributed by atoms with E-state index in [0.29, 0.717) is 26.0 Å². The van der Waals surface area contributed by atoms with Crippen LogP contribution in [0.3, 0.4) is 0 Å². The molecular weight excluding hydrogens is 226 g/mol. The van der Waals surface area contributed by atoms with Crippen molar-refractivity contribution >= 4 is 12.4 Å². The van der Waals surface area contributed by atoms with Crippen molar-refractivity contribution in [2.45, 2.75) is 38.0 Å². The molecule has 0 aromatic carbocycles. The van der Waals surface area contributed by atoms with E-state index in [1.165, 1.54) is 7.11 Å². The fourth-order valence-corrected chi connectivity index (χ4v) is 1.73. The number of carbonyl (C=O) groups excluding carboxylic acids is 2. The number of unbranched alkanes of at least 4 members (excludes halogenated alkanes) is 1. The summed E-state index contributed by atoms with van der Waals surface area (Å²) >= 11 is 0. The summed E-state index contributed by atoms with van der Waals surface area (Å²) in [6, 6.07) is -0.553. The molecule has 1 aliphatic heterocycles. The number of esters is 1. The molecule has 1 aliphatic rings. The molecule has 0 aromatic heterocycles. The maximum absolute atomic E-state index is 11.3. The molecule has 17 heavy (non-hydrogen) atoms. The van der Waals surface area contributed by atoms with E-state index >= 15 is 0 Å². The number of methoxy groups -OCH3 is 1. The van der Waals surface area contributed by atoms with Crippen LogP contribution < -0.4 is 5.32 Å². The van der Waals surface area contributed by atoms with Gasteiger partial charge in [-0.25, -0.2) is 4.79 Å². The summed E-state index contributed by atoms with van der Waals surface area (Å²) in [6.07, 6.45) is 3.49. The van der Waals surface area contributed by atoms with Gasteiger partial charge in [-0.3, -0.25) is 4.79 Å². The summed E-state index contributed by atoms with van der Waals surface area (Å²) in [5, 5.41) is 2.44. The predicted molar refractivity (Wildman–Crippen MR) is 59.2 cm³/mol. The van der Waals surface area contributed by atoms with Crippen LogP contribution >= 0.6 is 0 Å². The first-order chi connectivity index (χ1) is 8.27. The van der Waals surface area contributed by atoms with Crippen molar-refractivity contribution in [3.8, 4) is 0 Å². The molecule has 1 saturated heterocycles. The summed E-state index contributed by atoms with van der Waals surface area (Å²) in [6.45, 7) is 1.31. The minimum Gasteiger partial charge on any atom is -0.467 e. The Morgan fingerprint density at radius 3 is 2.76 bits per heavy atom. The molecule has 1 amide bonds. The van der Waals surface area contributed by atoms with E-state index < -0.39 is 12.0 Å². The predicted octanol–water partition coefficient (Wildman–Crippen LogP) is 0.207. The van der Waals surface area contributed by atoms with Crippen LogP contribution in [0.15, 0.2) is 0 Å². The zero-order valence-electron chi connectivity index (χ0n) is 10.0. The van der Waals surface area contributed by atoms with Crippen molar-refractivity contribution in [2.24, 2.45) is 0 Å². The quantitative estimate of drug-likeness (QED) is 0.376. The van der Waals surface area contributed by atoms with Gasteiger partial charge < -0.3 is 19.5 Å². The van der Waals surface area contributed by atoms with Crippen LogP contribution in [0.2, 0.25) is 0 Å². The molecule has 98 valence electrons. The van der Waals surface area contributed by atoms with Gasteiger partial charge in [0.2, 0.25) is 6.41 Å². The van der Waals surface area contributed by atoms with Crippen molar-refractivity contribution in [3.05, 3.63) is 0 Å². The second-order valence-electron chi connectivity index (χ2n) is 3.82. The van der Waals surface area contributed by atoms with E-state index in [9.17, 15) is 9.59 Å². The first-order valence-electron chi connectivity index (χ1n) is 5.78. The van der Waals surface area contributed by atoms with Gasteiger partial charge in [0.05, 0.1) is 20.3 Å². The van der Waals surface area contributed by atoms with Crippen LogP contribution in [0.1, 0.15) is 25.7 Å². The van der Waals surface area contributed by atoms with E-state index in [-0.39, 0.29) is 6.29 Å². The Morgan fingerprint density at radius 2 is 2.18 bits per heavy atom. The summed E-state index contributed by atoms with van der Waals surface area (Å²) in [5.41, 5.74) is 0. The highest BCUT2D eigenvalue weighted by Crippen LogP contribution is 2.13. The Bertz CT molecular complexity index is 240. The number of hydrogen-bond acceptors (Lipinski definition) is 5. The van der Waals surface area contributed by atoms with Gasteiger partial charge in [-0.2, -0.15) is 0 Å². The van der Waals surface area contributed by atoms with E-state index in [2.05, 4.69) is 10.1 Å². The lowest BCUT2D eigenvalue weighted by Crippen LogP contribution is -2.36. The Kier molecular flexibility index (Phi) is 6.57. The first kappa shape index (κ1) is 13.9. The average molecular weight is 245 g/mol. The molecule has 1 atom stereocenters. The lowest BCUT2D eigenvalue weighted by atomic mass is 10.1. The molecule has 0 aromatic rings. The molecule has 1 heterocycles. The molecule has 0 bridgehead atoms. The molecular formula is C11H19NO5. The first-order valence-corrected chi connectivity index (χ1v) is 5.78. The Labute approximate surface area is 101 Å². The molecule has 1 rings (SSSR count). The monoisotopic (exact) mass is 245 g/mol. The van der Waals surface area contributed by atoms with Crippen molar-refractivity contribution in [2.75, 3.05) is 20.3 Å². The van der Waals surface area contributed by atoms with Crippen LogP contribution in [-0.2, 0) is 23.8 Å². The van der Waals surface area contributed by atoms with Crippen LogP contribution in [0.5, 0.6) is 0 Å². The summed E-state index contributed by atoms with van der Waals surface area (Å²) in [7, 11) is 1.31. The summed E-state index contributed by atoms with van der Waals surface area (Å²) in [4.78, 5) is 21.6. The molecule has 0 saturated carbocycles. The molecule has 1 N–H and O–H groups in total. The number of hydrogen-bond donors (Lipinski definition) is 1. The number of ether oxygens (including phenoxy) is 3. The van der Waals surface area contributed by atoms with Crippen LogP contribution in [0.25, 0.3) is 0 Å². The Balaban J connectivity index is 2.12. The maximum Gasteiger partial charge on any atom is 0.328 e. The van der Waals surface area contributed by atoms with Crippen molar-refractivity contribution in [3.63, 3.8) is 0 Å². The van der Waals surface area contributed by atoms with Crippen LogP contribution in [0, 0.1) is 0 Å². The fraction of sp³-hybridized carbons (Fsp3) is 0.818. The number of nitrogens with one attached hydrogen (secondary N) is 1. The smallest absolute Gasteiger partial charge is 0.328 e. The third kappa shape index (κ3) is 5.14. The van der Waals surface area contributed by atoms with Crippen molar-refractivity contribution in [1.82, 2.24) is 5.32 Å². The highest BCUT2D eigenvalue weighted by atomic mass is 16.7. The van der Waals surface area contributed by atoms with Gasteiger partial charge in [-0.15, -0.1) is 0 Å². The molecule has 0 spiro atoms. The second kappa shape index (κ2) is 8.03. The highest BCUT2D eigenvalue weighted by molar-refractivity contribution is 5.77. The molecule has 1 fully saturated rings. The Morgan fingerprint density at radius 1 is 1.47 bits per heavy atom. The number of carbonyl (C=O) groups is 2. The summed E-state index contributed by atoms with van der Waals surface area (Å²) < 4.78 is 15.2. The molecule has 6 heteroatoms. The minimum atomic E-state index is -0.553. The standard InChI is InChI=1S/C11H19NO5/c1-15-11(14)9(12-8-13)4-2-3-5-10-16-6-7-17-10/h8-10H,2-7H2,1H3,(H,12,13)/t9-/m0/s1. The maximum atomic E-state index is 11.3. The normalized spacial score (nSPS) is 17.7. The SMILES string of the molecule is COC(=O)[C@H](CCCCC1OCCO1)NC=O. The Hall–Kier alpha value is -1.14. The van der Waals surface area contributed by atoms with Crippen molar-refractivity contribution < 1.29 is 23.8 Å². The van der Waals surface area contributed by atoms with Crippen molar-refractivity contribution in [1.29, 1.82) is 0 Å². The fourth-order valence-electron chi connectivity index (χ4n) is 1.73. The van der Waals surface area contributed by atoms with Crippen LogP contribution in [0.4, 0.5) is 0 Å². The summed E-state index contributed by atoms with van der Waals surface area (Å²) in [5.74, 6) is -0.412. The zero-order chi connectivity index (χ0) is 12.5. The molecule has 6 nitrogen and oxygen atoms in total. The topological polar surface area (TPSA) is 73.9 Å². The van der Waals surface area contributed by atoms with E-state index in [1.54, 1.807) is 0 Å². The van der Waals surface area contributed by atoms with Gasteiger partial charge in [0.1, 0.15) is 6.04 Å². The van der Waals surface area contributed by atoms with Gasteiger partial charge in [0, 0.05) is 0 Å². The van der Waals surface area contributed by atoms with E-state index in [0.717, 1.165) is 19.3 Å². The lowest BCUT2D eigenvalue weighted by molar-refractivity contribution is -0.144. The molecule has 0 unspecified atom stereocenters. The van der Waals surface area contributed by atoms with E-state index in [4.69, 9.17) is 9.47 Å². The molecule has 0 aliphatic carbocycles. The number of rotatable bonds is 8. The minimum absolute atomic E-state index is 0.106. The second-order valence-corrected chi connectivity index (χ2v) is 3.82. The number of amides is 1. The van der Waals surface area contributed by atoms with E-state index in [1.807, 2.05) is 0 Å². The highest BCUT2D eigenvalue weighted by Gasteiger charge is 2.19. The van der Waals surface area contributed by atoms with Gasteiger partial charge in [-0.1, -0.05) is 6.42 Å². The van der Waals surface area contributed by atoms with Crippen LogP contribution in [-0.4, -0.2) is 45.0 Å². The van der Waals surface area contributed by atoms with Gasteiger partial charge >= 0.3 is 5.97 Å². The van der Waals surface area contributed by atoms with Gasteiger partial charge in [-0.05, 0) is 19.3 Å². The third-order valence-corrected chi connectivity index (χ3v) is 2.63. The largest absolute Gasteiger partial charge is 0.467 e. The zero-order valence-corrected chi connectivity index (χ0v) is 10.0. The van der Waals surface area contributed by atoms with Gasteiger partial charge in [0.15, 0.2) is 6.29 Å².